The molecule has 19 heavy (non-hydrogen) atoms. The van der Waals surface area contributed by atoms with E-state index >= 15 is 0 Å². The Morgan fingerprint density at radius 3 is 2.68 bits per heavy atom. The van der Waals surface area contributed by atoms with Crippen LogP contribution in [0.5, 0.6) is 0 Å². The van der Waals surface area contributed by atoms with E-state index in [0.29, 0.717) is 5.41 Å². The van der Waals surface area contributed by atoms with Gasteiger partial charge in [0.25, 0.3) is 0 Å². The molecule has 1 nitrogen and oxygen atoms in total. The van der Waals surface area contributed by atoms with Gasteiger partial charge in [0, 0.05) is 11.0 Å². The van der Waals surface area contributed by atoms with Crippen LogP contribution in [-0.4, -0.2) is 13.1 Å². The zero-order valence-electron chi connectivity index (χ0n) is 11.8. The van der Waals surface area contributed by atoms with E-state index in [0.717, 1.165) is 18.4 Å². The van der Waals surface area contributed by atoms with Gasteiger partial charge in [-0.2, -0.15) is 0 Å². The normalized spacial score (nSPS) is 32.3. The van der Waals surface area contributed by atoms with Gasteiger partial charge < -0.3 is 5.32 Å². The van der Waals surface area contributed by atoms with Gasteiger partial charge in [-0.15, -0.1) is 0 Å². The summed E-state index contributed by atoms with van der Waals surface area (Å²) in [5, 5.41) is 3.68. The lowest BCUT2D eigenvalue weighted by molar-refractivity contribution is 0.248. The third-order valence-corrected chi connectivity index (χ3v) is 5.68. The summed E-state index contributed by atoms with van der Waals surface area (Å²) >= 11 is 3.72. The fourth-order valence-corrected chi connectivity index (χ4v) is 4.36. The van der Waals surface area contributed by atoms with Crippen LogP contribution < -0.4 is 5.32 Å². The smallest absolute Gasteiger partial charge is 0.0207 e. The van der Waals surface area contributed by atoms with Gasteiger partial charge >= 0.3 is 0 Å². The van der Waals surface area contributed by atoms with Crippen molar-refractivity contribution < 1.29 is 0 Å². The van der Waals surface area contributed by atoms with E-state index < -0.39 is 0 Å². The average molecular weight is 322 g/mol. The molecule has 2 saturated carbocycles. The van der Waals surface area contributed by atoms with Crippen molar-refractivity contribution in [2.45, 2.75) is 39.0 Å². The van der Waals surface area contributed by atoms with Gasteiger partial charge in [0.2, 0.25) is 0 Å². The molecule has 0 aromatic heterocycles. The van der Waals surface area contributed by atoms with Crippen LogP contribution in [0.25, 0.3) is 0 Å². The fraction of sp³-hybridized carbons (Fsp3) is 0.647. The summed E-state index contributed by atoms with van der Waals surface area (Å²) in [7, 11) is 0. The summed E-state index contributed by atoms with van der Waals surface area (Å²) in [4.78, 5) is 0. The Labute approximate surface area is 125 Å². The molecule has 2 unspecified atom stereocenters. The van der Waals surface area contributed by atoms with E-state index in [2.05, 4.69) is 52.4 Å². The molecule has 0 aliphatic heterocycles. The van der Waals surface area contributed by atoms with Crippen molar-refractivity contribution in [2.24, 2.45) is 17.3 Å². The van der Waals surface area contributed by atoms with E-state index in [1.54, 1.807) is 0 Å². The topological polar surface area (TPSA) is 12.0 Å². The fourth-order valence-electron chi connectivity index (χ4n) is 3.93. The highest BCUT2D eigenvalue weighted by molar-refractivity contribution is 9.10. The summed E-state index contributed by atoms with van der Waals surface area (Å²) in [6, 6.07) is 8.75. The lowest BCUT2D eigenvalue weighted by Crippen LogP contribution is -2.35. The Morgan fingerprint density at radius 2 is 2.00 bits per heavy atom. The SMILES string of the molecule is CCCNCC1(Cc2ccccc2Br)CC2CC2C1. The van der Waals surface area contributed by atoms with Crippen molar-refractivity contribution in [2.75, 3.05) is 13.1 Å². The van der Waals surface area contributed by atoms with Gasteiger partial charge in [-0.05, 0) is 67.5 Å². The maximum atomic E-state index is 3.72. The number of nitrogens with one attached hydrogen (secondary N) is 1. The largest absolute Gasteiger partial charge is 0.316 e. The molecular weight excluding hydrogens is 298 g/mol. The van der Waals surface area contributed by atoms with E-state index in [1.165, 1.54) is 48.7 Å². The first-order valence-electron chi connectivity index (χ1n) is 7.66. The monoisotopic (exact) mass is 321 g/mol. The van der Waals surface area contributed by atoms with E-state index in [-0.39, 0.29) is 0 Å². The molecule has 2 aliphatic rings. The molecule has 2 heteroatoms. The van der Waals surface area contributed by atoms with Gasteiger partial charge in [0.15, 0.2) is 0 Å². The highest BCUT2D eigenvalue weighted by Gasteiger charge is 2.53. The molecule has 0 saturated heterocycles. The van der Waals surface area contributed by atoms with Crippen molar-refractivity contribution in [3.63, 3.8) is 0 Å². The molecule has 3 rings (SSSR count). The van der Waals surface area contributed by atoms with Crippen LogP contribution >= 0.6 is 15.9 Å². The van der Waals surface area contributed by atoms with Crippen molar-refractivity contribution in [3.05, 3.63) is 34.3 Å². The van der Waals surface area contributed by atoms with E-state index in [9.17, 15) is 0 Å². The second-order valence-electron chi connectivity index (χ2n) is 6.61. The summed E-state index contributed by atoms with van der Waals surface area (Å²) in [6.45, 7) is 4.61. The molecule has 1 aromatic carbocycles. The predicted octanol–water partition coefficient (Wildman–Crippen LogP) is 4.41. The molecule has 1 N–H and O–H groups in total. The molecule has 1 aromatic rings. The summed E-state index contributed by atoms with van der Waals surface area (Å²) < 4.78 is 1.28. The standard InChI is InChI=1S/C17H24BrN/c1-2-7-19-12-17(10-14-8-15(14)11-17)9-13-5-3-4-6-16(13)18/h3-6,14-15,19H,2,7-12H2,1H3. The zero-order valence-corrected chi connectivity index (χ0v) is 13.4. The molecule has 0 heterocycles. The third kappa shape index (κ3) is 3.05. The Bertz CT molecular complexity index is 433. The quantitative estimate of drug-likeness (QED) is 0.765. The van der Waals surface area contributed by atoms with E-state index in [4.69, 9.17) is 0 Å². The first-order chi connectivity index (χ1) is 9.22. The lowest BCUT2D eigenvalue weighted by Gasteiger charge is -2.32. The average Bonchev–Trinajstić information content (AvgIpc) is 3.01. The van der Waals surface area contributed by atoms with Crippen molar-refractivity contribution in [1.29, 1.82) is 0 Å². The minimum absolute atomic E-state index is 0.520. The van der Waals surface area contributed by atoms with Gasteiger partial charge in [0.1, 0.15) is 0 Å². The molecular formula is C17H24BrN. The number of benzene rings is 1. The molecule has 2 atom stereocenters. The van der Waals surface area contributed by atoms with Crippen molar-refractivity contribution in [1.82, 2.24) is 5.32 Å². The first-order valence-corrected chi connectivity index (χ1v) is 8.46. The molecule has 0 spiro atoms. The Kier molecular flexibility index (Phi) is 4.00. The van der Waals surface area contributed by atoms with Crippen LogP contribution in [-0.2, 0) is 6.42 Å². The maximum Gasteiger partial charge on any atom is 0.0207 e. The summed E-state index contributed by atoms with van der Waals surface area (Å²) in [5.74, 6) is 2.09. The summed E-state index contributed by atoms with van der Waals surface area (Å²) in [6.07, 6.45) is 6.85. The van der Waals surface area contributed by atoms with Gasteiger partial charge in [0.05, 0.1) is 0 Å². The van der Waals surface area contributed by atoms with Crippen molar-refractivity contribution >= 4 is 15.9 Å². The molecule has 0 radical (unpaired) electrons. The Balaban J connectivity index is 1.71. The number of hydrogen-bond acceptors (Lipinski definition) is 1. The van der Waals surface area contributed by atoms with E-state index in [1.807, 2.05) is 0 Å². The van der Waals surface area contributed by atoms with Crippen LogP contribution in [0, 0.1) is 17.3 Å². The number of halogens is 1. The molecule has 2 fully saturated rings. The number of hydrogen-bond donors (Lipinski definition) is 1. The second kappa shape index (κ2) is 5.57. The third-order valence-electron chi connectivity index (χ3n) is 4.91. The maximum absolute atomic E-state index is 3.72. The Hall–Kier alpha value is -0.340. The van der Waals surface area contributed by atoms with Crippen LogP contribution in [0.1, 0.15) is 38.2 Å². The van der Waals surface area contributed by atoms with Crippen LogP contribution in [0.4, 0.5) is 0 Å². The zero-order chi connectivity index (χ0) is 13.3. The van der Waals surface area contributed by atoms with Gasteiger partial charge in [-0.1, -0.05) is 41.1 Å². The second-order valence-corrected chi connectivity index (χ2v) is 7.46. The van der Waals surface area contributed by atoms with Crippen LogP contribution in [0.2, 0.25) is 0 Å². The van der Waals surface area contributed by atoms with Gasteiger partial charge in [-0.25, -0.2) is 0 Å². The number of fused-ring (bicyclic) bond motifs is 1. The molecule has 0 bridgehead atoms. The van der Waals surface area contributed by atoms with Crippen molar-refractivity contribution in [3.8, 4) is 0 Å². The highest BCUT2D eigenvalue weighted by atomic mass is 79.9. The molecule has 104 valence electrons. The summed E-state index contributed by atoms with van der Waals surface area (Å²) in [5.41, 5.74) is 2.01. The predicted molar refractivity (Wildman–Crippen MR) is 84.3 cm³/mol. The van der Waals surface area contributed by atoms with Crippen LogP contribution in [0.15, 0.2) is 28.7 Å². The minimum atomic E-state index is 0.520. The Morgan fingerprint density at radius 1 is 1.26 bits per heavy atom. The first kappa shape index (κ1) is 13.6. The van der Waals surface area contributed by atoms with Gasteiger partial charge in [-0.3, -0.25) is 0 Å². The molecule has 2 aliphatic carbocycles. The lowest BCUT2D eigenvalue weighted by atomic mass is 9.77. The van der Waals surface area contributed by atoms with Crippen LogP contribution in [0.3, 0.4) is 0 Å². The highest BCUT2D eigenvalue weighted by Crippen LogP contribution is 2.60. The number of rotatable bonds is 6. The minimum Gasteiger partial charge on any atom is -0.316 e. The molecule has 0 amide bonds.